The van der Waals surface area contributed by atoms with Gasteiger partial charge in [-0.1, -0.05) is 0 Å². The Balaban J connectivity index is 2.81. The zero-order valence-electron chi connectivity index (χ0n) is 10.2. The molecular weight excluding hydrogens is 253 g/mol. The number of benzene rings is 1. The number of rotatable bonds is 5. The van der Waals surface area contributed by atoms with Crippen LogP contribution < -0.4 is 4.90 Å². The molecule has 0 saturated heterocycles. The van der Waals surface area contributed by atoms with Crippen molar-refractivity contribution in [2.45, 2.75) is 0 Å². The first-order valence-corrected chi connectivity index (χ1v) is 5.92. The number of allylic oxidation sites excluding steroid dienone is 4. The van der Waals surface area contributed by atoms with Crippen LogP contribution in [0.25, 0.3) is 6.08 Å². The second-order valence-corrected chi connectivity index (χ2v) is 4.12. The average Bonchev–Trinajstić information content (AvgIpc) is 2.35. The van der Waals surface area contributed by atoms with Crippen molar-refractivity contribution in [3.05, 3.63) is 60.2 Å². The minimum atomic E-state index is 1.02. The van der Waals surface area contributed by atoms with Crippen LogP contribution in [0.5, 0.6) is 0 Å². The molecule has 1 aromatic rings. The Morgan fingerprint density at radius 2 is 1.88 bits per heavy atom. The summed E-state index contributed by atoms with van der Waals surface area (Å²) >= 11 is 4.50. The van der Waals surface area contributed by atoms with E-state index in [-0.39, 0.29) is 0 Å². The summed E-state index contributed by atoms with van der Waals surface area (Å²) in [7, 11) is 4.06. The van der Waals surface area contributed by atoms with Gasteiger partial charge in [0.15, 0.2) is 0 Å². The molecule has 0 heterocycles. The number of hydrogen-bond acceptors (Lipinski definition) is 1. The SMILES string of the molecule is C=CC(/C=C/c1ccc(N(C)C)cc1)=C\[CH]=[Ni]. The Bertz CT molecular complexity index is 438. The fraction of sp³-hybridized carbons (Fsp3) is 0.133. The van der Waals surface area contributed by atoms with Gasteiger partial charge < -0.3 is 0 Å². The third-order valence-electron chi connectivity index (χ3n) is 2.36. The van der Waals surface area contributed by atoms with E-state index in [0.717, 1.165) is 11.1 Å². The van der Waals surface area contributed by atoms with Gasteiger partial charge in [-0.3, -0.25) is 0 Å². The van der Waals surface area contributed by atoms with Crippen LogP contribution in [0.3, 0.4) is 0 Å². The fourth-order valence-corrected chi connectivity index (χ4v) is 1.52. The molecule has 0 spiro atoms. The Morgan fingerprint density at radius 1 is 1.24 bits per heavy atom. The second-order valence-electron chi connectivity index (χ2n) is 3.80. The van der Waals surface area contributed by atoms with E-state index in [9.17, 15) is 0 Å². The van der Waals surface area contributed by atoms with Gasteiger partial charge in [0.1, 0.15) is 0 Å². The monoisotopic (exact) mass is 269 g/mol. The molecule has 0 fully saturated rings. The zero-order chi connectivity index (χ0) is 12.7. The van der Waals surface area contributed by atoms with E-state index in [1.807, 2.05) is 26.2 Å². The molecule has 0 aliphatic heterocycles. The van der Waals surface area contributed by atoms with Crippen LogP contribution in [0.2, 0.25) is 0 Å². The van der Waals surface area contributed by atoms with E-state index in [2.05, 4.69) is 56.9 Å². The summed E-state index contributed by atoms with van der Waals surface area (Å²) in [5, 5.41) is 0. The Hall–Kier alpha value is -1.40. The topological polar surface area (TPSA) is 3.24 Å². The van der Waals surface area contributed by atoms with Gasteiger partial charge >= 0.3 is 111 Å². The van der Waals surface area contributed by atoms with Crippen molar-refractivity contribution in [3.63, 3.8) is 0 Å². The van der Waals surface area contributed by atoms with E-state index in [1.165, 1.54) is 5.69 Å². The first-order chi connectivity index (χ1) is 8.17. The molecule has 0 saturated carbocycles. The molecule has 0 aromatic heterocycles. The molecule has 17 heavy (non-hydrogen) atoms. The molecule has 0 bridgehead atoms. The van der Waals surface area contributed by atoms with Gasteiger partial charge in [-0.15, -0.1) is 0 Å². The first-order valence-electron chi connectivity index (χ1n) is 5.35. The van der Waals surface area contributed by atoms with Crippen LogP contribution in [0.4, 0.5) is 5.69 Å². The van der Waals surface area contributed by atoms with E-state index in [4.69, 9.17) is 0 Å². The van der Waals surface area contributed by atoms with E-state index in [1.54, 1.807) is 11.1 Å². The molecule has 0 unspecified atom stereocenters. The quantitative estimate of drug-likeness (QED) is 0.586. The van der Waals surface area contributed by atoms with Crippen molar-refractivity contribution in [3.8, 4) is 0 Å². The molecule has 0 atom stereocenters. The van der Waals surface area contributed by atoms with Gasteiger partial charge in [0.05, 0.1) is 0 Å². The second kappa shape index (κ2) is 7.03. The van der Waals surface area contributed by atoms with Gasteiger partial charge in [-0.2, -0.15) is 0 Å². The maximum absolute atomic E-state index is 4.50. The van der Waals surface area contributed by atoms with Crippen LogP contribution in [0.15, 0.2) is 54.6 Å². The molecular formula is C15H17NNi. The summed E-state index contributed by atoms with van der Waals surface area (Å²) in [5.41, 5.74) is 3.38. The maximum atomic E-state index is 4.50. The molecule has 1 aromatic carbocycles. The molecule has 0 aliphatic carbocycles. The molecule has 1 rings (SSSR count). The van der Waals surface area contributed by atoms with Gasteiger partial charge in [0, 0.05) is 0 Å². The molecule has 1 nitrogen and oxygen atoms in total. The zero-order valence-corrected chi connectivity index (χ0v) is 11.2. The van der Waals surface area contributed by atoms with Crippen molar-refractivity contribution >= 4 is 16.8 Å². The summed E-state index contributed by atoms with van der Waals surface area (Å²) in [6.07, 6.45) is 7.72. The summed E-state index contributed by atoms with van der Waals surface area (Å²) in [6.45, 7) is 3.74. The molecule has 92 valence electrons. The Morgan fingerprint density at radius 3 is 2.35 bits per heavy atom. The summed E-state index contributed by atoms with van der Waals surface area (Å²) in [6, 6.07) is 8.37. The normalized spacial score (nSPS) is 11.6. The van der Waals surface area contributed by atoms with Gasteiger partial charge in [-0.25, -0.2) is 0 Å². The van der Waals surface area contributed by atoms with Crippen molar-refractivity contribution < 1.29 is 15.0 Å². The van der Waals surface area contributed by atoms with Crippen LogP contribution in [-0.4, -0.2) is 19.1 Å². The van der Waals surface area contributed by atoms with Crippen molar-refractivity contribution in [2.75, 3.05) is 19.0 Å². The standard InChI is InChI=1S/C15H17N.Ni/c1-5-13(6-2)7-8-14-9-11-15(12-10-14)16(3)4;/h1,5-12H,2H2,3-4H3;/b8-7+,13-5+;. The summed E-state index contributed by atoms with van der Waals surface area (Å²) in [5.74, 6) is 0. The Kier molecular flexibility index (Phi) is 5.65. The third kappa shape index (κ3) is 4.54. The van der Waals surface area contributed by atoms with Crippen LogP contribution in [0, 0.1) is 0 Å². The number of anilines is 1. The van der Waals surface area contributed by atoms with Crippen LogP contribution in [0.1, 0.15) is 5.56 Å². The van der Waals surface area contributed by atoms with Crippen LogP contribution >= 0.6 is 0 Å². The number of hydrogen-bond donors (Lipinski definition) is 0. The van der Waals surface area contributed by atoms with E-state index >= 15 is 0 Å². The fourth-order valence-electron chi connectivity index (χ4n) is 1.33. The predicted octanol–water partition coefficient (Wildman–Crippen LogP) is 3.23. The molecule has 0 N–H and O–H groups in total. The van der Waals surface area contributed by atoms with Gasteiger partial charge in [-0.05, 0) is 0 Å². The molecule has 0 amide bonds. The summed E-state index contributed by atoms with van der Waals surface area (Å²) in [4.78, 5) is 3.71. The Labute approximate surface area is 111 Å². The molecule has 0 radical (unpaired) electrons. The van der Waals surface area contributed by atoms with Gasteiger partial charge in [0.2, 0.25) is 0 Å². The minimum absolute atomic E-state index is 1.02. The molecule has 0 aliphatic rings. The predicted molar refractivity (Wildman–Crippen MR) is 74.1 cm³/mol. The van der Waals surface area contributed by atoms with Crippen molar-refractivity contribution in [1.29, 1.82) is 0 Å². The van der Waals surface area contributed by atoms with Gasteiger partial charge in [0.25, 0.3) is 0 Å². The third-order valence-corrected chi connectivity index (χ3v) is 2.52. The van der Waals surface area contributed by atoms with Crippen molar-refractivity contribution in [1.82, 2.24) is 0 Å². The van der Waals surface area contributed by atoms with E-state index in [0.29, 0.717) is 0 Å². The summed E-state index contributed by atoms with van der Waals surface area (Å²) < 4.78 is 0. The molecule has 2 heteroatoms. The average molecular weight is 270 g/mol. The first kappa shape index (κ1) is 13.7. The van der Waals surface area contributed by atoms with Crippen LogP contribution in [-0.2, 0) is 15.0 Å². The van der Waals surface area contributed by atoms with Crippen molar-refractivity contribution in [2.24, 2.45) is 0 Å². The van der Waals surface area contributed by atoms with E-state index < -0.39 is 0 Å². The number of nitrogens with zero attached hydrogens (tertiary/aromatic N) is 1.